The molecule has 0 radical (unpaired) electrons. The van der Waals surface area contributed by atoms with Gasteiger partial charge in [0.25, 0.3) is 5.69 Å². The number of nitro benzene ring substituents is 1. The highest BCUT2D eigenvalue weighted by molar-refractivity contribution is 6.30. The minimum atomic E-state index is -0.748. The van der Waals surface area contributed by atoms with Gasteiger partial charge in [0.05, 0.1) is 10.5 Å². The highest BCUT2D eigenvalue weighted by Crippen LogP contribution is 2.40. The molecule has 0 spiro atoms. The van der Waals surface area contributed by atoms with E-state index in [1.807, 2.05) is 6.08 Å². The van der Waals surface area contributed by atoms with Crippen LogP contribution in [0.25, 0.3) is 0 Å². The summed E-state index contributed by atoms with van der Waals surface area (Å²) in [6, 6.07) is 4.26. The van der Waals surface area contributed by atoms with Crippen LogP contribution in [-0.2, 0) is 4.84 Å². The molecule has 1 atom stereocenters. The van der Waals surface area contributed by atoms with E-state index in [1.54, 1.807) is 0 Å². The molecular formula is C13H11ClN2O4. The summed E-state index contributed by atoms with van der Waals surface area (Å²) in [5.74, 6) is 0. The van der Waals surface area contributed by atoms with Gasteiger partial charge in [0.15, 0.2) is 0 Å². The largest absolute Gasteiger partial charge is 0.390 e. The second-order valence-corrected chi connectivity index (χ2v) is 5.14. The maximum atomic E-state index is 11.8. The SMILES string of the molecule is O=[N+]([O-])c1ccc(Cl)cc1C1O[N+]([O-])=C2CCCC=C21. The number of nitrogens with zero attached hydrogens (tertiary/aromatic N) is 2. The Kier molecular flexibility index (Phi) is 3.10. The molecule has 104 valence electrons. The third-order valence-corrected chi connectivity index (χ3v) is 3.72. The standard InChI is InChI=1S/C13H11ClN2O4/c14-8-5-6-11(15(17)18)10(7-8)13-9-3-1-2-4-12(9)16(19)20-13/h3,5-7,13H,1-2,4H2. The van der Waals surface area contributed by atoms with Crippen LogP contribution in [0.5, 0.6) is 0 Å². The van der Waals surface area contributed by atoms with E-state index in [2.05, 4.69) is 0 Å². The number of nitro groups is 1. The molecule has 1 aromatic carbocycles. The molecule has 6 nitrogen and oxygen atoms in total. The van der Waals surface area contributed by atoms with E-state index < -0.39 is 11.0 Å². The fourth-order valence-electron chi connectivity index (χ4n) is 2.59. The zero-order valence-corrected chi connectivity index (χ0v) is 11.2. The van der Waals surface area contributed by atoms with Crippen molar-refractivity contribution in [3.63, 3.8) is 0 Å². The van der Waals surface area contributed by atoms with Crippen molar-refractivity contribution < 1.29 is 14.7 Å². The van der Waals surface area contributed by atoms with Gasteiger partial charge in [0, 0.05) is 28.0 Å². The Labute approximate surface area is 119 Å². The Morgan fingerprint density at radius 1 is 1.45 bits per heavy atom. The summed E-state index contributed by atoms with van der Waals surface area (Å²) >= 11 is 5.92. The Bertz CT molecular complexity index is 654. The van der Waals surface area contributed by atoms with Crippen molar-refractivity contribution in [2.75, 3.05) is 0 Å². The van der Waals surface area contributed by atoms with Gasteiger partial charge in [-0.3, -0.25) is 15.3 Å². The van der Waals surface area contributed by atoms with E-state index in [1.165, 1.54) is 18.2 Å². The summed E-state index contributed by atoms with van der Waals surface area (Å²) in [4.78, 5) is 16.3. The quantitative estimate of drug-likeness (QED) is 0.476. The fourth-order valence-corrected chi connectivity index (χ4v) is 2.77. The smallest absolute Gasteiger partial charge is 0.274 e. The van der Waals surface area contributed by atoms with Gasteiger partial charge in [-0.25, -0.2) is 0 Å². The lowest BCUT2D eigenvalue weighted by molar-refractivity contribution is -0.743. The average molecular weight is 295 g/mol. The van der Waals surface area contributed by atoms with E-state index >= 15 is 0 Å². The van der Waals surface area contributed by atoms with Crippen molar-refractivity contribution in [2.24, 2.45) is 0 Å². The molecule has 1 unspecified atom stereocenters. The van der Waals surface area contributed by atoms with Gasteiger partial charge in [-0.15, -0.1) is 0 Å². The molecule has 20 heavy (non-hydrogen) atoms. The summed E-state index contributed by atoms with van der Waals surface area (Å²) < 4.78 is 0. The van der Waals surface area contributed by atoms with Gasteiger partial charge in [-0.05, 0) is 25.0 Å². The molecule has 1 aromatic rings. The predicted molar refractivity (Wildman–Crippen MR) is 72.5 cm³/mol. The molecule has 0 fully saturated rings. The number of halogens is 1. The predicted octanol–water partition coefficient (Wildman–Crippen LogP) is 3.30. The maximum absolute atomic E-state index is 11.8. The third-order valence-electron chi connectivity index (χ3n) is 3.49. The molecule has 0 amide bonds. The second-order valence-electron chi connectivity index (χ2n) is 4.70. The molecule has 1 aliphatic heterocycles. The first kappa shape index (κ1) is 12.9. The monoisotopic (exact) mass is 294 g/mol. The van der Waals surface area contributed by atoms with Crippen LogP contribution in [0.3, 0.4) is 0 Å². The summed E-state index contributed by atoms with van der Waals surface area (Å²) in [5, 5.41) is 23.3. The normalized spacial score (nSPS) is 21.2. The van der Waals surface area contributed by atoms with Crippen molar-refractivity contribution in [1.82, 2.24) is 0 Å². The molecule has 0 saturated heterocycles. The molecule has 0 saturated carbocycles. The minimum Gasteiger partial charge on any atom is -0.390 e. The number of allylic oxidation sites excluding steroid dienone is 1. The van der Waals surface area contributed by atoms with Crippen LogP contribution in [-0.4, -0.2) is 15.5 Å². The molecule has 0 N–H and O–H groups in total. The van der Waals surface area contributed by atoms with Crippen molar-refractivity contribution in [2.45, 2.75) is 25.4 Å². The fraction of sp³-hybridized carbons (Fsp3) is 0.308. The number of hydrogen-bond donors (Lipinski definition) is 0. The summed E-state index contributed by atoms with van der Waals surface area (Å²) in [6.45, 7) is 0. The number of hydrogen-bond acceptors (Lipinski definition) is 4. The zero-order chi connectivity index (χ0) is 14.3. The topological polar surface area (TPSA) is 78.4 Å². The molecule has 0 bridgehead atoms. The summed E-state index contributed by atoms with van der Waals surface area (Å²) in [6.07, 6.45) is 3.50. The van der Waals surface area contributed by atoms with Crippen LogP contribution in [0, 0.1) is 15.3 Å². The van der Waals surface area contributed by atoms with E-state index in [-0.39, 0.29) is 5.69 Å². The molecule has 2 aliphatic rings. The molecule has 1 aliphatic carbocycles. The van der Waals surface area contributed by atoms with Crippen LogP contribution >= 0.6 is 11.6 Å². The molecule has 7 heteroatoms. The van der Waals surface area contributed by atoms with Gasteiger partial charge in [0.1, 0.15) is 6.10 Å². The average Bonchev–Trinajstić information content (AvgIpc) is 2.76. The second kappa shape index (κ2) is 4.79. The van der Waals surface area contributed by atoms with Gasteiger partial charge in [-0.1, -0.05) is 17.7 Å². The van der Waals surface area contributed by atoms with Gasteiger partial charge < -0.3 is 4.84 Å². The van der Waals surface area contributed by atoms with Crippen LogP contribution in [0.15, 0.2) is 29.8 Å². The maximum Gasteiger partial charge on any atom is 0.274 e. The summed E-state index contributed by atoms with van der Waals surface area (Å²) in [7, 11) is 0. The lowest BCUT2D eigenvalue weighted by Gasteiger charge is -2.15. The van der Waals surface area contributed by atoms with Crippen molar-refractivity contribution >= 4 is 23.0 Å². The minimum absolute atomic E-state index is 0.0967. The first-order chi connectivity index (χ1) is 9.58. The number of benzene rings is 1. The van der Waals surface area contributed by atoms with Gasteiger partial charge >= 0.3 is 0 Å². The van der Waals surface area contributed by atoms with E-state index in [9.17, 15) is 15.3 Å². The van der Waals surface area contributed by atoms with Crippen molar-refractivity contribution in [1.29, 1.82) is 0 Å². The van der Waals surface area contributed by atoms with Crippen LogP contribution in [0.4, 0.5) is 5.69 Å². The first-order valence-corrected chi connectivity index (χ1v) is 6.60. The Balaban J connectivity index is 2.09. The van der Waals surface area contributed by atoms with Crippen molar-refractivity contribution in [3.05, 3.63) is 55.8 Å². The Morgan fingerprint density at radius 3 is 3.00 bits per heavy atom. The molecular weight excluding hydrogens is 284 g/mol. The summed E-state index contributed by atoms with van der Waals surface area (Å²) in [5.41, 5.74) is 1.49. The van der Waals surface area contributed by atoms with Crippen LogP contribution < -0.4 is 0 Å². The van der Waals surface area contributed by atoms with Gasteiger partial charge in [0.2, 0.25) is 5.71 Å². The van der Waals surface area contributed by atoms with Crippen LogP contribution in [0.2, 0.25) is 5.02 Å². The molecule has 1 heterocycles. The Hall–Kier alpha value is -2.08. The number of fused-ring (bicyclic) bond motifs is 1. The zero-order valence-electron chi connectivity index (χ0n) is 10.4. The van der Waals surface area contributed by atoms with E-state index in [0.717, 1.165) is 18.4 Å². The highest BCUT2D eigenvalue weighted by Gasteiger charge is 2.38. The highest BCUT2D eigenvalue weighted by atomic mass is 35.5. The van der Waals surface area contributed by atoms with E-state index in [0.29, 0.717) is 27.6 Å². The lowest BCUT2D eigenvalue weighted by Crippen LogP contribution is -2.11. The Morgan fingerprint density at radius 2 is 2.25 bits per heavy atom. The molecule has 0 aromatic heterocycles. The van der Waals surface area contributed by atoms with Crippen LogP contribution in [0.1, 0.15) is 30.9 Å². The van der Waals surface area contributed by atoms with Gasteiger partial charge in [-0.2, -0.15) is 0 Å². The molecule has 3 rings (SSSR count). The third kappa shape index (κ3) is 2.02. The van der Waals surface area contributed by atoms with Crippen molar-refractivity contribution in [3.8, 4) is 0 Å². The van der Waals surface area contributed by atoms with E-state index in [4.69, 9.17) is 16.4 Å². The first-order valence-electron chi connectivity index (χ1n) is 6.22. The number of rotatable bonds is 2. The lowest BCUT2D eigenvalue weighted by atomic mass is 9.90.